The van der Waals surface area contributed by atoms with Crippen LogP contribution >= 0.6 is 0 Å². The molecule has 1 aromatic heterocycles. The molecule has 0 spiro atoms. The minimum atomic E-state index is -0.430. The molecule has 150 valence electrons. The number of aromatic nitrogens is 2. The Kier molecular flexibility index (Phi) is 5.43. The van der Waals surface area contributed by atoms with Crippen molar-refractivity contribution in [3.05, 3.63) is 105 Å². The Morgan fingerprint density at radius 1 is 0.867 bits per heavy atom. The van der Waals surface area contributed by atoms with Gasteiger partial charge in [0.25, 0.3) is 11.1 Å². The molecule has 0 aliphatic heterocycles. The predicted molar refractivity (Wildman–Crippen MR) is 115 cm³/mol. The lowest BCUT2D eigenvalue weighted by molar-refractivity contribution is -0.117. The molecule has 4 aromatic rings. The molecule has 0 unspecified atom stereocenters. The topological polar surface area (TPSA) is 93.2 Å². The lowest BCUT2D eigenvalue weighted by Gasteiger charge is -2.10. The van der Waals surface area contributed by atoms with Gasteiger partial charge < -0.3 is 10.1 Å². The van der Waals surface area contributed by atoms with Gasteiger partial charge in [-0.2, -0.15) is 0 Å². The first-order chi connectivity index (χ1) is 14.6. The third-order valence-corrected chi connectivity index (χ3v) is 4.57. The number of fused-ring (bicyclic) bond motifs is 1. The molecule has 0 fully saturated rings. The van der Waals surface area contributed by atoms with Gasteiger partial charge in [0.15, 0.2) is 0 Å². The third kappa shape index (κ3) is 4.30. The van der Waals surface area contributed by atoms with Crippen LogP contribution in [0, 0.1) is 0 Å². The van der Waals surface area contributed by atoms with E-state index in [4.69, 9.17) is 4.74 Å². The number of H-pyrrole nitrogens is 1. The number of ether oxygens (including phenoxy) is 1. The van der Waals surface area contributed by atoms with Crippen molar-refractivity contribution in [1.29, 1.82) is 0 Å². The van der Waals surface area contributed by atoms with Crippen molar-refractivity contribution in [2.24, 2.45) is 0 Å². The second kappa shape index (κ2) is 8.48. The summed E-state index contributed by atoms with van der Waals surface area (Å²) >= 11 is 0. The fourth-order valence-electron chi connectivity index (χ4n) is 3.08. The average Bonchev–Trinajstić information content (AvgIpc) is 2.77. The van der Waals surface area contributed by atoms with Gasteiger partial charge in [0.05, 0.1) is 10.8 Å². The molecule has 7 nitrogen and oxygen atoms in total. The highest BCUT2D eigenvalue weighted by Crippen LogP contribution is 2.17. The van der Waals surface area contributed by atoms with Gasteiger partial charge in [0.1, 0.15) is 18.9 Å². The summed E-state index contributed by atoms with van der Waals surface area (Å²) in [6, 6.07) is 23.2. The highest BCUT2D eigenvalue weighted by atomic mass is 16.5. The number of hydrogen-bond acceptors (Lipinski definition) is 4. The first kappa shape index (κ1) is 19.2. The second-order valence-corrected chi connectivity index (χ2v) is 6.72. The van der Waals surface area contributed by atoms with Crippen molar-refractivity contribution in [3.63, 3.8) is 0 Å². The Balaban J connectivity index is 1.41. The minimum Gasteiger partial charge on any atom is -0.489 e. The number of carbonyl (C=O) groups excluding carboxylic acids is 1. The van der Waals surface area contributed by atoms with Crippen LogP contribution in [-0.2, 0) is 17.9 Å². The second-order valence-electron chi connectivity index (χ2n) is 6.72. The molecular formula is C23H19N3O4. The molecule has 0 saturated carbocycles. The number of carbonyl (C=O) groups is 1. The number of aromatic amines is 1. The molecule has 1 amide bonds. The zero-order chi connectivity index (χ0) is 20.9. The monoisotopic (exact) mass is 401 g/mol. The van der Waals surface area contributed by atoms with E-state index < -0.39 is 17.0 Å². The van der Waals surface area contributed by atoms with E-state index in [9.17, 15) is 14.4 Å². The van der Waals surface area contributed by atoms with Crippen molar-refractivity contribution in [2.75, 3.05) is 5.32 Å². The molecule has 0 bridgehead atoms. The summed E-state index contributed by atoms with van der Waals surface area (Å²) in [4.78, 5) is 37.0. The zero-order valence-electron chi connectivity index (χ0n) is 16.0. The Hall–Kier alpha value is -4.13. The molecule has 2 N–H and O–H groups in total. The maximum atomic E-state index is 12.5. The number of hydrogen-bond donors (Lipinski definition) is 2. The van der Waals surface area contributed by atoms with Gasteiger partial charge in [0.2, 0.25) is 5.91 Å². The Labute approximate surface area is 171 Å². The molecule has 3 aromatic carbocycles. The lowest BCUT2D eigenvalue weighted by atomic mass is 10.2. The van der Waals surface area contributed by atoms with Crippen LogP contribution in [-0.4, -0.2) is 15.7 Å². The molecule has 7 heteroatoms. The van der Waals surface area contributed by atoms with Gasteiger partial charge in [-0.1, -0.05) is 42.5 Å². The summed E-state index contributed by atoms with van der Waals surface area (Å²) in [6.45, 7) is 0.149. The van der Waals surface area contributed by atoms with E-state index >= 15 is 0 Å². The third-order valence-electron chi connectivity index (χ3n) is 4.57. The number of rotatable bonds is 6. The minimum absolute atomic E-state index is 0.272. The average molecular weight is 401 g/mol. The van der Waals surface area contributed by atoms with Crippen molar-refractivity contribution in [3.8, 4) is 5.75 Å². The van der Waals surface area contributed by atoms with Gasteiger partial charge in [-0.05, 0) is 42.0 Å². The van der Waals surface area contributed by atoms with Crippen molar-refractivity contribution in [2.45, 2.75) is 13.2 Å². The Bertz CT molecular complexity index is 1290. The fourth-order valence-corrected chi connectivity index (χ4v) is 3.08. The van der Waals surface area contributed by atoms with E-state index in [0.29, 0.717) is 23.4 Å². The van der Waals surface area contributed by atoms with E-state index in [1.54, 1.807) is 48.5 Å². The predicted octanol–water partition coefficient (Wildman–Crippen LogP) is 2.91. The van der Waals surface area contributed by atoms with Crippen LogP contribution in [0.4, 0.5) is 5.69 Å². The van der Waals surface area contributed by atoms with E-state index in [1.807, 2.05) is 30.3 Å². The number of nitrogens with zero attached hydrogens (tertiary/aromatic N) is 1. The highest BCUT2D eigenvalue weighted by molar-refractivity contribution is 5.90. The first-order valence-corrected chi connectivity index (χ1v) is 9.39. The van der Waals surface area contributed by atoms with Crippen molar-refractivity contribution >= 4 is 22.4 Å². The van der Waals surface area contributed by atoms with E-state index in [1.165, 1.54) is 0 Å². The molecule has 4 rings (SSSR count). The number of amides is 1. The fraction of sp³-hybridized carbons (Fsp3) is 0.0870. The SMILES string of the molecule is O=C(Cn1[nH]c(=O)c2ccccc2c1=O)Nc1ccc(OCc2ccccc2)cc1. The standard InChI is InChI=1S/C23H19N3O4/c27-21(14-26-23(29)20-9-5-4-8-19(20)22(28)25-26)24-17-10-12-18(13-11-17)30-15-16-6-2-1-3-7-16/h1-13H,14-15H2,(H,24,27)(H,25,28). The van der Waals surface area contributed by atoms with E-state index in [-0.39, 0.29) is 11.9 Å². The van der Waals surface area contributed by atoms with Crippen LogP contribution in [0.1, 0.15) is 5.56 Å². The normalized spacial score (nSPS) is 10.7. The van der Waals surface area contributed by atoms with E-state index in [2.05, 4.69) is 10.4 Å². The molecule has 0 saturated heterocycles. The molecular weight excluding hydrogens is 382 g/mol. The van der Waals surface area contributed by atoms with Gasteiger partial charge in [-0.15, -0.1) is 0 Å². The molecule has 0 atom stereocenters. The van der Waals surface area contributed by atoms with Crippen LogP contribution in [0.25, 0.3) is 10.8 Å². The quantitative estimate of drug-likeness (QED) is 0.520. The molecule has 0 aliphatic rings. The highest BCUT2D eigenvalue weighted by Gasteiger charge is 2.10. The van der Waals surface area contributed by atoms with Crippen LogP contribution in [0.3, 0.4) is 0 Å². The summed E-state index contributed by atoms with van der Waals surface area (Å²) in [5.41, 5.74) is 0.774. The van der Waals surface area contributed by atoms with Crippen molar-refractivity contribution in [1.82, 2.24) is 9.78 Å². The molecule has 0 radical (unpaired) electrons. The van der Waals surface area contributed by atoms with Gasteiger partial charge in [-0.3, -0.25) is 19.5 Å². The van der Waals surface area contributed by atoms with Crippen LogP contribution < -0.4 is 21.2 Å². The summed E-state index contributed by atoms with van der Waals surface area (Å²) in [5, 5.41) is 5.72. The summed E-state index contributed by atoms with van der Waals surface area (Å²) < 4.78 is 6.73. The van der Waals surface area contributed by atoms with Crippen LogP contribution in [0.5, 0.6) is 5.75 Å². The molecule has 1 heterocycles. The Morgan fingerprint density at radius 3 is 2.27 bits per heavy atom. The van der Waals surface area contributed by atoms with Crippen molar-refractivity contribution < 1.29 is 9.53 Å². The maximum absolute atomic E-state index is 12.5. The zero-order valence-corrected chi connectivity index (χ0v) is 16.0. The summed E-state index contributed by atoms with van der Waals surface area (Å²) in [6.07, 6.45) is 0. The largest absolute Gasteiger partial charge is 0.489 e. The van der Waals surface area contributed by atoms with Gasteiger partial charge >= 0.3 is 0 Å². The number of benzene rings is 3. The number of nitrogens with one attached hydrogen (secondary N) is 2. The first-order valence-electron chi connectivity index (χ1n) is 9.39. The Morgan fingerprint density at radius 2 is 1.53 bits per heavy atom. The number of anilines is 1. The summed E-state index contributed by atoms with van der Waals surface area (Å²) in [5.74, 6) is 0.243. The smallest absolute Gasteiger partial charge is 0.273 e. The summed E-state index contributed by atoms with van der Waals surface area (Å²) in [7, 11) is 0. The van der Waals surface area contributed by atoms with Gasteiger partial charge in [-0.25, -0.2) is 4.68 Å². The molecule has 30 heavy (non-hydrogen) atoms. The lowest BCUT2D eigenvalue weighted by Crippen LogP contribution is -2.34. The van der Waals surface area contributed by atoms with E-state index in [0.717, 1.165) is 10.2 Å². The van der Waals surface area contributed by atoms with Crippen LogP contribution in [0.2, 0.25) is 0 Å². The van der Waals surface area contributed by atoms with Gasteiger partial charge in [0, 0.05) is 5.69 Å². The van der Waals surface area contributed by atoms with Crippen LogP contribution in [0.15, 0.2) is 88.5 Å². The molecule has 0 aliphatic carbocycles. The maximum Gasteiger partial charge on any atom is 0.273 e.